The van der Waals surface area contributed by atoms with Gasteiger partial charge >= 0.3 is 8.72 Å². The number of nitrogens with one attached hydrogen (secondary N) is 4. The lowest BCUT2D eigenvalue weighted by atomic mass is 9.96. The van der Waals surface area contributed by atoms with Crippen LogP contribution < -0.4 is 19.9 Å². The predicted octanol–water partition coefficient (Wildman–Crippen LogP) is 4.58. The Kier molecular flexibility index (Phi) is 8.22. The number of hydrogen-bond acceptors (Lipinski definition) is 4. The summed E-state index contributed by atoms with van der Waals surface area (Å²) in [4.78, 5) is 16.8. The molecule has 0 unspecified atom stereocenters. The van der Waals surface area contributed by atoms with E-state index >= 15 is 0 Å². The van der Waals surface area contributed by atoms with Crippen LogP contribution in [0.3, 0.4) is 0 Å². The summed E-state index contributed by atoms with van der Waals surface area (Å²) in [6, 6.07) is 2.02. The Morgan fingerprint density at radius 2 is 0.815 bits per heavy atom. The smallest absolute Gasteiger partial charge is 0.298 e. The van der Waals surface area contributed by atoms with Gasteiger partial charge in [0, 0.05) is 23.7 Å². The van der Waals surface area contributed by atoms with Crippen molar-refractivity contribution in [1.82, 2.24) is 19.9 Å². The maximum Gasteiger partial charge on any atom is 0.367 e. The van der Waals surface area contributed by atoms with Crippen molar-refractivity contribution < 1.29 is 0 Å². The molecule has 0 amide bonds. The Morgan fingerprint density at radius 1 is 0.519 bits per heavy atom. The van der Waals surface area contributed by atoms with E-state index in [1.807, 2.05) is 0 Å². The highest BCUT2D eigenvalue weighted by atomic mass is 28.4. The number of hydrogen-bond donors (Lipinski definition) is 4. The minimum absolute atomic E-state index is 0.108. The summed E-state index contributed by atoms with van der Waals surface area (Å²) < 4.78 is 0. The Balaban J connectivity index is 1.77. The summed E-state index contributed by atoms with van der Waals surface area (Å²) in [7, 11) is -2.19. The quantitative estimate of drug-likeness (QED) is 0.478. The van der Waals surface area contributed by atoms with Gasteiger partial charge in [-0.05, 0) is 59.3 Å². The SMILES string of the molecule is CC(C)(C)N[Si](NC1CCCCC1)(NC1CCCCC1)NC1CCCCC1. The zero-order chi connectivity index (χ0) is 19.2. The lowest BCUT2D eigenvalue weighted by molar-refractivity contribution is 0.347. The van der Waals surface area contributed by atoms with Crippen molar-refractivity contribution >= 4 is 8.72 Å². The zero-order valence-electron chi connectivity index (χ0n) is 18.3. The van der Waals surface area contributed by atoms with Gasteiger partial charge in [-0.25, -0.2) is 0 Å². The molecule has 4 N–H and O–H groups in total. The molecule has 0 spiro atoms. The molecule has 3 fully saturated rings. The van der Waals surface area contributed by atoms with E-state index in [-0.39, 0.29) is 5.54 Å². The molecule has 158 valence electrons. The molecule has 0 heterocycles. The van der Waals surface area contributed by atoms with E-state index in [1.54, 1.807) is 0 Å². The van der Waals surface area contributed by atoms with Gasteiger partial charge < -0.3 is 0 Å². The average Bonchev–Trinajstić information content (AvgIpc) is 2.62. The van der Waals surface area contributed by atoms with Gasteiger partial charge in [0.15, 0.2) is 0 Å². The Bertz CT molecular complexity index is 368. The fourth-order valence-corrected chi connectivity index (χ4v) is 9.75. The highest BCUT2D eigenvalue weighted by Crippen LogP contribution is 2.23. The first kappa shape index (κ1) is 21.8. The zero-order valence-corrected chi connectivity index (χ0v) is 19.3. The molecule has 4 nitrogen and oxygen atoms in total. The largest absolute Gasteiger partial charge is 0.367 e. The monoisotopic (exact) mass is 394 g/mol. The summed E-state index contributed by atoms with van der Waals surface area (Å²) in [6.45, 7) is 7.01. The first-order valence-corrected chi connectivity index (χ1v) is 14.1. The van der Waals surface area contributed by atoms with E-state index < -0.39 is 8.72 Å². The lowest BCUT2D eigenvalue weighted by Gasteiger charge is -2.46. The molecular formula is C22H46N4Si. The molecule has 0 radical (unpaired) electrons. The fourth-order valence-electron chi connectivity index (χ4n) is 5.46. The van der Waals surface area contributed by atoms with Crippen LogP contribution in [0.25, 0.3) is 0 Å². The Morgan fingerprint density at radius 3 is 1.07 bits per heavy atom. The van der Waals surface area contributed by atoms with Crippen molar-refractivity contribution in [2.75, 3.05) is 0 Å². The summed E-state index contributed by atoms with van der Waals surface area (Å²) >= 11 is 0. The van der Waals surface area contributed by atoms with Crippen LogP contribution in [0.15, 0.2) is 0 Å². The molecule has 0 aliphatic heterocycles. The van der Waals surface area contributed by atoms with Crippen molar-refractivity contribution in [1.29, 1.82) is 0 Å². The van der Waals surface area contributed by atoms with E-state index in [1.165, 1.54) is 96.3 Å². The van der Waals surface area contributed by atoms with Crippen LogP contribution >= 0.6 is 0 Å². The van der Waals surface area contributed by atoms with Gasteiger partial charge in [-0.2, -0.15) is 0 Å². The van der Waals surface area contributed by atoms with Gasteiger partial charge in [-0.1, -0.05) is 57.8 Å². The highest BCUT2D eigenvalue weighted by molar-refractivity contribution is 6.70. The molecule has 3 aliphatic rings. The normalized spacial score (nSPS) is 25.0. The Hall–Kier alpha value is 0.0569. The van der Waals surface area contributed by atoms with E-state index in [0.29, 0.717) is 18.1 Å². The molecular weight excluding hydrogens is 348 g/mol. The standard InChI is InChI=1S/C22H46N4Si/c1-22(2,3)26-27(23-19-13-7-4-8-14-19,24-20-15-9-5-10-16-20)25-21-17-11-6-12-18-21/h19-21,23-26H,4-18H2,1-3H3. The minimum Gasteiger partial charge on any atom is -0.298 e. The van der Waals surface area contributed by atoms with E-state index in [0.717, 1.165) is 0 Å². The molecule has 3 aliphatic carbocycles. The molecule has 0 atom stereocenters. The first-order chi connectivity index (χ1) is 12.9. The molecule has 0 aromatic carbocycles. The van der Waals surface area contributed by atoms with Crippen LogP contribution in [0.4, 0.5) is 0 Å². The molecule has 3 saturated carbocycles. The topological polar surface area (TPSA) is 48.1 Å². The molecule has 0 aromatic rings. The molecule has 3 rings (SSSR count). The first-order valence-electron chi connectivity index (χ1n) is 12.1. The van der Waals surface area contributed by atoms with Gasteiger partial charge in [0.25, 0.3) is 0 Å². The molecule has 0 aromatic heterocycles. The van der Waals surface area contributed by atoms with Crippen LogP contribution in [0.2, 0.25) is 0 Å². The maximum atomic E-state index is 4.23. The van der Waals surface area contributed by atoms with Crippen molar-refractivity contribution in [2.24, 2.45) is 0 Å². The summed E-state index contributed by atoms with van der Waals surface area (Å²) in [5.41, 5.74) is 0.108. The van der Waals surface area contributed by atoms with E-state index in [9.17, 15) is 0 Å². The highest BCUT2D eigenvalue weighted by Gasteiger charge is 2.43. The van der Waals surface area contributed by atoms with Gasteiger partial charge in [0.05, 0.1) is 0 Å². The van der Waals surface area contributed by atoms with Crippen LogP contribution in [0.5, 0.6) is 0 Å². The van der Waals surface area contributed by atoms with Crippen LogP contribution in [0, 0.1) is 0 Å². The molecule has 0 bridgehead atoms. The van der Waals surface area contributed by atoms with E-state index in [4.69, 9.17) is 0 Å². The average molecular weight is 395 g/mol. The van der Waals surface area contributed by atoms with Gasteiger partial charge in [0.2, 0.25) is 0 Å². The predicted molar refractivity (Wildman–Crippen MR) is 119 cm³/mol. The third kappa shape index (κ3) is 7.43. The fraction of sp³-hybridized carbons (Fsp3) is 1.00. The van der Waals surface area contributed by atoms with Crippen LogP contribution in [0.1, 0.15) is 117 Å². The summed E-state index contributed by atoms with van der Waals surface area (Å²) in [5, 5.41) is 0. The molecule has 27 heavy (non-hydrogen) atoms. The van der Waals surface area contributed by atoms with Crippen molar-refractivity contribution in [3.63, 3.8) is 0 Å². The number of rotatable bonds is 7. The lowest BCUT2D eigenvalue weighted by Crippen LogP contribution is -2.86. The minimum atomic E-state index is -2.19. The second kappa shape index (κ2) is 10.2. The molecule has 5 heteroatoms. The second-order valence-electron chi connectivity index (χ2n) is 10.6. The van der Waals surface area contributed by atoms with Crippen molar-refractivity contribution in [3.05, 3.63) is 0 Å². The van der Waals surface area contributed by atoms with Crippen molar-refractivity contribution in [2.45, 2.75) is 141 Å². The third-order valence-corrected chi connectivity index (χ3v) is 10.3. The molecule has 0 saturated heterocycles. The summed E-state index contributed by atoms with van der Waals surface area (Å²) in [6.07, 6.45) is 20.7. The van der Waals surface area contributed by atoms with Crippen LogP contribution in [-0.4, -0.2) is 32.4 Å². The van der Waals surface area contributed by atoms with Gasteiger partial charge in [-0.3, -0.25) is 19.9 Å². The maximum absolute atomic E-state index is 4.23. The van der Waals surface area contributed by atoms with E-state index in [2.05, 4.69) is 40.7 Å². The van der Waals surface area contributed by atoms with Gasteiger partial charge in [0.1, 0.15) is 0 Å². The second-order valence-corrected chi connectivity index (χ2v) is 13.2. The Labute approximate surface area is 169 Å². The van der Waals surface area contributed by atoms with Crippen molar-refractivity contribution in [3.8, 4) is 0 Å². The third-order valence-electron chi connectivity index (χ3n) is 6.64. The summed E-state index contributed by atoms with van der Waals surface area (Å²) in [5.74, 6) is 0. The van der Waals surface area contributed by atoms with Gasteiger partial charge in [-0.15, -0.1) is 0 Å². The van der Waals surface area contributed by atoms with Crippen LogP contribution in [-0.2, 0) is 0 Å².